The molecule has 0 radical (unpaired) electrons. The van der Waals surface area contributed by atoms with Gasteiger partial charge in [0.25, 0.3) is 0 Å². The van der Waals surface area contributed by atoms with Crippen molar-refractivity contribution >= 4 is 17.9 Å². The average Bonchev–Trinajstić information content (AvgIpc) is 2.61. The lowest BCUT2D eigenvalue weighted by atomic mass is 10.2. The highest BCUT2D eigenvalue weighted by molar-refractivity contribution is 5.91. The van der Waals surface area contributed by atoms with Gasteiger partial charge < -0.3 is 24.1 Å². The number of halogens is 3. The quantitative estimate of drug-likeness (QED) is 0.381. The maximum Gasteiger partial charge on any atom is 0.573 e. The Labute approximate surface area is 151 Å². The van der Waals surface area contributed by atoms with Crippen LogP contribution in [0.1, 0.15) is 10.4 Å². The summed E-state index contributed by atoms with van der Waals surface area (Å²) in [4.78, 5) is 33.9. The van der Waals surface area contributed by atoms with E-state index in [-0.39, 0.29) is 5.56 Å². The van der Waals surface area contributed by atoms with Crippen molar-refractivity contribution in [1.29, 1.82) is 0 Å². The van der Waals surface area contributed by atoms with Crippen molar-refractivity contribution in [3.05, 3.63) is 42.5 Å². The Bertz CT molecular complexity index is 686. The topological polar surface area (TPSA) is 108 Å². The summed E-state index contributed by atoms with van der Waals surface area (Å²) in [5.41, 5.74) is -0.277. The van der Waals surface area contributed by atoms with Gasteiger partial charge in [-0.3, -0.25) is 0 Å². The van der Waals surface area contributed by atoms with Crippen molar-refractivity contribution in [3.8, 4) is 5.75 Å². The number of carbonyl (C=O) groups is 3. The van der Waals surface area contributed by atoms with E-state index in [0.717, 1.165) is 30.3 Å². The second-order valence-corrected chi connectivity index (χ2v) is 4.82. The van der Waals surface area contributed by atoms with Gasteiger partial charge in [0.05, 0.1) is 5.56 Å². The first kappa shape index (κ1) is 22.0. The van der Waals surface area contributed by atoms with Crippen LogP contribution in [0.25, 0.3) is 0 Å². The van der Waals surface area contributed by atoms with Crippen LogP contribution in [-0.4, -0.2) is 55.3 Å². The van der Waals surface area contributed by atoms with Gasteiger partial charge in [-0.25, -0.2) is 14.4 Å². The molecule has 0 saturated heterocycles. The molecular weight excluding hydrogens is 377 g/mol. The lowest BCUT2D eigenvalue weighted by Gasteiger charge is -2.12. The average molecular weight is 392 g/mol. The summed E-state index contributed by atoms with van der Waals surface area (Å²) < 4.78 is 53.8. The number of alkyl halides is 3. The number of hydrogen-bond donors (Lipinski definition) is 1. The van der Waals surface area contributed by atoms with E-state index in [4.69, 9.17) is 0 Å². The zero-order valence-electron chi connectivity index (χ0n) is 13.7. The van der Waals surface area contributed by atoms with E-state index in [1.807, 2.05) is 0 Å². The molecule has 27 heavy (non-hydrogen) atoms. The van der Waals surface area contributed by atoms with Gasteiger partial charge in [-0.15, -0.1) is 13.2 Å². The Morgan fingerprint density at radius 1 is 1.15 bits per heavy atom. The highest BCUT2D eigenvalue weighted by Crippen LogP contribution is 2.23. The minimum absolute atomic E-state index is 0.277. The van der Waals surface area contributed by atoms with Gasteiger partial charge in [-0.05, 0) is 18.2 Å². The molecule has 0 fully saturated rings. The second-order valence-electron chi connectivity index (χ2n) is 4.82. The van der Waals surface area contributed by atoms with Gasteiger partial charge >= 0.3 is 24.3 Å². The molecule has 1 atom stereocenters. The van der Waals surface area contributed by atoms with Crippen LogP contribution in [-0.2, 0) is 23.8 Å². The fraction of sp³-hybridized carbons (Fsp3) is 0.312. The molecule has 0 heterocycles. The number of benzene rings is 1. The van der Waals surface area contributed by atoms with Gasteiger partial charge in [0.2, 0.25) is 0 Å². The standard InChI is InChI=1S/C16H15F3O8/c1-2-13(21)24-7-11(20)8-25-14(22)9-26-15(23)10-4-3-5-12(6-10)27-16(17,18)19/h2-6,11,20H,1,7-9H2. The van der Waals surface area contributed by atoms with Crippen LogP contribution >= 0.6 is 0 Å². The molecule has 148 valence electrons. The van der Waals surface area contributed by atoms with Crippen molar-refractivity contribution < 1.29 is 51.6 Å². The molecule has 0 bridgehead atoms. The number of rotatable bonds is 9. The summed E-state index contributed by atoms with van der Waals surface area (Å²) in [6, 6.07) is 4.07. The van der Waals surface area contributed by atoms with E-state index in [9.17, 15) is 32.7 Å². The minimum Gasteiger partial charge on any atom is -0.460 e. The Hall–Kier alpha value is -3.08. The van der Waals surface area contributed by atoms with Crippen LogP contribution in [0.3, 0.4) is 0 Å². The first-order chi connectivity index (χ1) is 12.6. The highest BCUT2D eigenvalue weighted by atomic mass is 19.4. The summed E-state index contributed by atoms with van der Waals surface area (Å²) in [6.45, 7) is 1.33. The molecule has 1 unspecified atom stereocenters. The monoisotopic (exact) mass is 392 g/mol. The molecule has 0 aliphatic heterocycles. The summed E-state index contributed by atoms with van der Waals surface area (Å²) in [6.07, 6.45) is -5.34. The lowest BCUT2D eigenvalue weighted by Crippen LogP contribution is -2.26. The Kier molecular flexibility index (Phi) is 8.27. The molecule has 1 aromatic rings. The summed E-state index contributed by atoms with van der Waals surface area (Å²) in [7, 11) is 0. The predicted octanol–water partition coefficient (Wildman–Crippen LogP) is 1.38. The molecule has 1 rings (SSSR count). The van der Waals surface area contributed by atoms with Crippen molar-refractivity contribution in [1.82, 2.24) is 0 Å². The van der Waals surface area contributed by atoms with Gasteiger partial charge in [-0.2, -0.15) is 0 Å². The van der Waals surface area contributed by atoms with Crippen LogP contribution < -0.4 is 4.74 Å². The fourth-order valence-electron chi connectivity index (χ4n) is 1.54. The SMILES string of the molecule is C=CC(=O)OCC(O)COC(=O)COC(=O)c1cccc(OC(F)(F)F)c1. The number of aliphatic hydroxyl groups excluding tert-OH is 1. The number of esters is 3. The van der Waals surface area contributed by atoms with E-state index < -0.39 is 55.9 Å². The molecule has 11 heteroatoms. The maximum atomic E-state index is 12.1. The molecule has 8 nitrogen and oxygen atoms in total. The van der Waals surface area contributed by atoms with Gasteiger partial charge in [0.15, 0.2) is 6.61 Å². The maximum absolute atomic E-state index is 12.1. The van der Waals surface area contributed by atoms with Crippen LogP contribution in [0.15, 0.2) is 36.9 Å². The molecule has 0 amide bonds. The predicted molar refractivity (Wildman–Crippen MR) is 81.5 cm³/mol. The van der Waals surface area contributed by atoms with Gasteiger partial charge in [-0.1, -0.05) is 12.6 Å². The number of hydrogen-bond acceptors (Lipinski definition) is 8. The molecule has 0 aliphatic carbocycles. The van der Waals surface area contributed by atoms with Crippen molar-refractivity contribution in [2.24, 2.45) is 0 Å². The number of aliphatic hydroxyl groups is 1. The van der Waals surface area contributed by atoms with Crippen molar-refractivity contribution in [3.63, 3.8) is 0 Å². The number of carbonyl (C=O) groups excluding carboxylic acids is 3. The fourth-order valence-corrected chi connectivity index (χ4v) is 1.54. The Morgan fingerprint density at radius 2 is 1.81 bits per heavy atom. The first-order valence-corrected chi connectivity index (χ1v) is 7.26. The van der Waals surface area contributed by atoms with Crippen LogP contribution in [0.4, 0.5) is 13.2 Å². The second kappa shape index (κ2) is 10.2. The molecule has 0 aliphatic rings. The smallest absolute Gasteiger partial charge is 0.460 e. The van der Waals surface area contributed by atoms with E-state index in [1.54, 1.807) is 0 Å². The number of ether oxygens (including phenoxy) is 4. The van der Waals surface area contributed by atoms with Gasteiger partial charge in [0, 0.05) is 6.08 Å². The minimum atomic E-state index is -4.92. The molecule has 1 N–H and O–H groups in total. The largest absolute Gasteiger partial charge is 0.573 e. The molecule has 1 aromatic carbocycles. The van der Waals surface area contributed by atoms with Crippen LogP contribution in [0.2, 0.25) is 0 Å². The summed E-state index contributed by atoms with van der Waals surface area (Å²) >= 11 is 0. The molecular formula is C16H15F3O8. The van der Waals surface area contributed by atoms with Gasteiger partial charge in [0.1, 0.15) is 25.1 Å². The molecule has 0 aromatic heterocycles. The van der Waals surface area contributed by atoms with E-state index in [2.05, 4.69) is 25.5 Å². The van der Waals surface area contributed by atoms with Crippen LogP contribution in [0, 0.1) is 0 Å². The zero-order chi connectivity index (χ0) is 20.4. The highest BCUT2D eigenvalue weighted by Gasteiger charge is 2.31. The normalized spacial score (nSPS) is 11.9. The summed E-state index contributed by atoms with van der Waals surface area (Å²) in [5.74, 6) is -3.51. The summed E-state index contributed by atoms with van der Waals surface area (Å²) in [5, 5.41) is 9.42. The van der Waals surface area contributed by atoms with E-state index in [0.29, 0.717) is 0 Å². The Balaban J connectivity index is 2.41. The lowest BCUT2D eigenvalue weighted by molar-refractivity contribution is -0.274. The Morgan fingerprint density at radius 3 is 2.44 bits per heavy atom. The third kappa shape index (κ3) is 9.26. The zero-order valence-corrected chi connectivity index (χ0v) is 13.7. The van der Waals surface area contributed by atoms with Crippen molar-refractivity contribution in [2.75, 3.05) is 19.8 Å². The van der Waals surface area contributed by atoms with E-state index >= 15 is 0 Å². The van der Waals surface area contributed by atoms with E-state index in [1.165, 1.54) is 0 Å². The molecule has 0 saturated carbocycles. The molecule has 0 spiro atoms. The first-order valence-electron chi connectivity index (χ1n) is 7.26. The third-order valence-electron chi connectivity index (χ3n) is 2.65. The third-order valence-corrected chi connectivity index (χ3v) is 2.65. The van der Waals surface area contributed by atoms with Crippen molar-refractivity contribution in [2.45, 2.75) is 12.5 Å². The van der Waals surface area contributed by atoms with Crippen LogP contribution in [0.5, 0.6) is 5.75 Å².